The zero-order valence-electron chi connectivity index (χ0n) is 9.69. The SMILES string of the molecule is CCc1noc(COC2CCC(N)CC2)n1. The highest BCUT2D eigenvalue weighted by Gasteiger charge is 2.19. The number of aryl methyl sites for hydroxylation is 1. The molecule has 5 nitrogen and oxygen atoms in total. The van der Waals surface area contributed by atoms with Crippen molar-refractivity contribution < 1.29 is 9.26 Å². The number of rotatable bonds is 4. The highest BCUT2D eigenvalue weighted by atomic mass is 16.5. The molecule has 0 amide bonds. The molecule has 1 aliphatic carbocycles. The zero-order chi connectivity index (χ0) is 11.4. The monoisotopic (exact) mass is 225 g/mol. The summed E-state index contributed by atoms with van der Waals surface area (Å²) in [5.41, 5.74) is 5.83. The smallest absolute Gasteiger partial charge is 0.252 e. The van der Waals surface area contributed by atoms with Crippen LogP contribution in [0.3, 0.4) is 0 Å². The lowest BCUT2D eigenvalue weighted by atomic mass is 9.94. The van der Waals surface area contributed by atoms with Gasteiger partial charge in [0.15, 0.2) is 5.82 Å². The third-order valence-electron chi connectivity index (χ3n) is 2.99. The van der Waals surface area contributed by atoms with Crippen molar-refractivity contribution in [2.75, 3.05) is 0 Å². The lowest BCUT2D eigenvalue weighted by molar-refractivity contribution is 0.00192. The van der Waals surface area contributed by atoms with Gasteiger partial charge in [-0.15, -0.1) is 0 Å². The van der Waals surface area contributed by atoms with Crippen molar-refractivity contribution in [2.24, 2.45) is 5.73 Å². The van der Waals surface area contributed by atoms with Gasteiger partial charge in [-0.25, -0.2) is 0 Å². The van der Waals surface area contributed by atoms with Crippen LogP contribution in [0.25, 0.3) is 0 Å². The van der Waals surface area contributed by atoms with Crippen molar-refractivity contribution in [1.29, 1.82) is 0 Å². The lowest BCUT2D eigenvalue weighted by Gasteiger charge is -2.25. The normalized spacial score (nSPS) is 25.9. The van der Waals surface area contributed by atoms with Crippen molar-refractivity contribution in [3.05, 3.63) is 11.7 Å². The summed E-state index contributed by atoms with van der Waals surface area (Å²) in [5.74, 6) is 1.32. The minimum atomic E-state index is 0.303. The molecule has 0 aromatic carbocycles. The first-order chi connectivity index (χ1) is 7.78. The van der Waals surface area contributed by atoms with Crippen molar-refractivity contribution >= 4 is 0 Å². The number of nitrogens with zero attached hydrogens (tertiary/aromatic N) is 2. The van der Waals surface area contributed by atoms with E-state index in [1.54, 1.807) is 0 Å². The van der Waals surface area contributed by atoms with Crippen molar-refractivity contribution in [3.63, 3.8) is 0 Å². The molecule has 1 aromatic rings. The van der Waals surface area contributed by atoms with Gasteiger partial charge in [0, 0.05) is 12.5 Å². The summed E-state index contributed by atoms with van der Waals surface area (Å²) in [6.07, 6.45) is 5.27. The van der Waals surface area contributed by atoms with Crippen LogP contribution in [0, 0.1) is 0 Å². The van der Waals surface area contributed by atoms with Crippen molar-refractivity contribution in [1.82, 2.24) is 10.1 Å². The van der Waals surface area contributed by atoms with E-state index < -0.39 is 0 Å². The van der Waals surface area contributed by atoms with E-state index in [-0.39, 0.29) is 0 Å². The fraction of sp³-hybridized carbons (Fsp3) is 0.818. The van der Waals surface area contributed by atoms with Crippen LogP contribution in [0.1, 0.15) is 44.3 Å². The van der Waals surface area contributed by atoms with Crippen LogP contribution in [-0.4, -0.2) is 22.3 Å². The number of ether oxygens (including phenoxy) is 1. The van der Waals surface area contributed by atoms with Gasteiger partial charge >= 0.3 is 0 Å². The third-order valence-corrected chi connectivity index (χ3v) is 2.99. The van der Waals surface area contributed by atoms with E-state index in [2.05, 4.69) is 10.1 Å². The maximum Gasteiger partial charge on any atom is 0.252 e. The second-order valence-electron chi connectivity index (χ2n) is 4.31. The fourth-order valence-corrected chi connectivity index (χ4v) is 1.94. The van der Waals surface area contributed by atoms with E-state index in [1.165, 1.54) is 0 Å². The van der Waals surface area contributed by atoms with E-state index in [9.17, 15) is 0 Å². The van der Waals surface area contributed by atoms with Gasteiger partial charge in [-0.05, 0) is 25.7 Å². The number of nitrogens with two attached hydrogens (primary N) is 1. The summed E-state index contributed by atoms with van der Waals surface area (Å²) in [5, 5.41) is 3.82. The second-order valence-corrected chi connectivity index (χ2v) is 4.31. The average Bonchev–Trinajstić information content (AvgIpc) is 2.76. The molecule has 0 aliphatic heterocycles. The molecule has 0 unspecified atom stereocenters. The Labute approximate surface area is 95.3 Å². The van der Waals surface area contributed by atoms with Crippen LogP contribution < -0.4 is 5.73 Å². The summed E-state index contributed by atoms with van der Waals surface area (Å²) in [6, 6.07) is 0.356. The van der Waals surface area contributed by atoms with E-state index in [1.807, 2.05) is 6.92 Å². The second kappa shape index (κ2) is 5.41. The maximum absolute atomic E-state index is 5.83. The zero-order valence-corrected chi connectivity index (χ0v) is 9.69. The topological polar surface area (TPSA) is 74.2 Å². The molecule has 1 fully saturated rings. The van der Waals surface area contributed by atoms with Gasteiger partial charge in [-0.3, -0.25) is 0 Å². The number of hydrogen-bond acceptors (Lipinski definition) is 5. The van der Waals surface area contributed by atoms with Crippen LogP contribution >= 0.6 is 0 Å². The lowest BCUT2D eigenvalue weighted by Crippen LogP contribution is -2.30. The number of aromatic nitrogens is 2. The molecule has 0 saturated heterocycles. The summed E-state index contributed by atoms with van der Waals surface area (Å²) in [7, 11) is 0. The molecule has 2 rings (SSSR count). The summed E-state index contributed by atoms with van der Waals surface area (Å²) < 4.78 is 10.8. The molecule has 2 N–H and O–H groups in total. The first-order valence-electron chi connectivity index (χ1n) is 5.96. The highest BCUT2D eigenvalue weighted by molar-refractivity contribution is 4.84. The van der Waals surface area contributed by atoms with E-state index in [0.717, 1.165) is 37.9 Å². The Hall–Kier alpha value is -0.940. The first-order valence-corrected chi connectivity index (χ1v) is 5.96. The van der Waals surface area contributed by atoms with Gasteiger partial charge in [0.2, 0.25) is 0 Å². The summed E-state index contributed by atoms with van der Waals surface area (Å²) in [4.78, 5) is 4.20. The van der Waals surface area contributed by atoms with Crippen LogP contribution in [-0.2, 0) is 17.8 Å². The van der Waals surface area contributed by atoms with E-state index >= 15 is 0 Å². The predicted molar refractivity (Wildman–Crippen MR) is 58.7 cm³/mol. The average molecular weight is 225 g/mol. The molecule has 1 heterocycles. The first kappa shape index (κ1) is 11.5. The Morgan fingerprint density at radius 3 is 2.75 bits per heavy atom. The third kappa shape index (κ3) is 3.02. The molecule has 16 heavy (non-hydrogen) atoms. The van der Waals surface area contributed by atoms with Gasteiger partial charge < -0.3 is 15.0 Å². The largest absolute Gasteiger partial charge is 0.368 e. The quantitative estimate of drug-likeness (QED) is 0.838. The Kier molecular flexibility index (Phi) is 3.90. The van der Waals surface area contributed by atoms with Crippen LogP contribution in [0.15, 0.2) is 4.52 Å². The minimum Gasteiger partial charge on any atom is -0.368 e. The van der Waals surface area contributed by atoms with E-state index in [0.29, 0.717) is 24.6 Å². The van der Waals surface area contributed by atoms with Crippen LogP contribution in [0.4, 0.5) is 0 Å². The Morgan fingerprint density at radius 2 is 2.12 bits per heavy atom. The van der Waals surface area contributed by atoms with Gasteiger partial charge in [-0.1, -0.05) is 12.1 Å². The van der Waals surface area contributed by atoms with Gasteiger partial charge in [0.1, 0.15) is 6.61 Å². The Bertz CT molecular complexity index is 319. The maximum atomic E-state index is 5.83. The molecule has 1 aliphatic rings. The molecule has 1 saturated carbocycles. The molecule has 0 atom stereocenters. The molecule has 1 aromatic heterocycles. The van der Waals surface area contributed by atoms with E-state index in [4.69, 9.17) is 15.0 Å². The standard InChI is InChI=1S/C11H19N3O2/c1-2-10-13-11(16-14-10)7-15-9-5-3-8(12)4-6-9/h8-9H,2-7,12H2,1H3. The Balaban J connectivity index is 1.74. The van der Waals surface area contributed by atoms with Gasteiger partial charge in [-0.2, -0.15) is 4.98 Å². The molecule has 5 heteroatoms. The molecular weight excluding hydrogens is 206 g/mol. The van der Waals surface area contributed by atoms with Crippen molar-refractivity contribution in [3.8, 4) is 0 Å². The molecule has 90 valence electrons. The molecule has 0 radical (unpaired) electrons. The predicted octanol–water partition coefficient (Wildman–Crippen LogP) is 1.42. The summed E-state index contributed by atoms with van der Waals surface area (Å²) >= 11 is 0. The van der Waals surface area contributed by atoms with Crippen molar-refractivity contribution in [2.45, 2.75) is 57.8 Å². The van der Waals surface area contributed by atoms with Gasteiger partial charge in [0.25, 0.3) is 5.89 Å². The number of hydrogen-bond donors (Lipinski definition) is 1. The minimum absolute atomic E-state index is 0.303. The highest BCUT2D eigenvalue weighted by Crippen LogP contribution is 2.20. The molecular formula is C11H19N3O2. The Morgan fingerprint density at radius 1 is 1.38 bits per heavy atom. The molecule has 0 bridgehead atoms. The fourth-order valence-electron chi connectivity index (χ4n) is 1.94. The van der Waals surface area contributed by atoms with Gasteiger partial charge in [0.05, 0.1) is 6.10 Å². The van der Waals surface area contributed by atoms with Crippen LogP contribution in [0.2, 0.25) is 0 Å². The summed E-state index contributed by atoms with van der Waals surface area (Å²) in [6.45, 7) is 2.42. The van der Waals surface area contributed by atoms with Crippen LogP contribution in [0.5, 0.6) is 0 Å². The molecule has 0 spiro atoms.